The van der Waals surface area contributed by atoms with Crippen molar-refractivity contribution in [3.05, 3.63) is 0 Å². The van der Waals surface area contributed by atoms with Crippen LogP contribution in [0.15, 0.2) is 0 Å². The maximum absolute atomic E-state index is 13.5. The van der Waals surface area contributed by atoms with E-state index in [1.54, 1.807) is 0 Å². The lowest BCUT2D eigenvalue weighted by molar-refractivity contribution is -0.184. The lowest BCUT2D eigenvalue weighted by Gasteiger charge is -2.64. The Morgan fingerprint density at radius 1 is 0.617 bits per heavy atom. The van der Waals surface area contributed by atoms with Crippen molar-refractivity contribution in [1.29, 1.82) is 0 Å². The molecule has 8 fully saturated rings. The van der Waals surface area contributed by atoms with Gasteiger partial charge in [0.1, 0.15) is 6.10 Å². The molecule has 0 bridgehead atoms. The average Bonchev–Trinajstić information content (AvgIpc) is 3.77. The van der Waals surface area contributed by atoms with E-state index in [1.807, 2.05) is 0 Å². The van der Waals surface area contributed by atoms with Crippen molar-refractivity contribution in [3.63, 3.8) is 0 Å². The number of carbonyl (C=O) groups excluding carboxylic acids is 3. The molecule has 8 aliphatic rings. The molecule has 0 heterocycles. The number of esters is 2. The number of rotatable bonds is 8. The van der Waals surface area contributed by atoms with Crippen LogP contribution in [0.1, 0.15) is 157 Å². The van der Waals surface area contributed by atoms with Crippen molar-refractivity contribution in [2.75, 3.05) is 14.2 Å². The molecule has 60 heavy (non-hydrogen) atoms. The summed E-state index contributed by atoms with van der Waals surface area (Å²) in [5.74, 6) is 3.93. The zero-order chi connectivity index (χ0) is 43.7. The van der Waals surface area contributed by atoms with Gasteiger partial charge in [0, 0.05) is 30.7 Å². The quantitative estimate of drug-likeness (QED) is 0.157. The molecule has 342 valence electrons. The van der Waals surface area contributed by atoms with Crippen LogP contribution in [-0.2, 0) is 23.9 Å². The van der Waals surface area contributed by atoms with E-state index in [0.29, 0.717) is 78.9 Å². The second kappa shape index (κ2) is 17.4. The van der Waals surface area contributed by atoms with Crippen molar-refractivity contribution < 1.29 is 44.3 Å². The first-order chi connectivity index (χ1) is 28.3. The van der Waals surface area contributed by atoms with Gasteiger partial charge in [0.25, 0.3) is 0 Å². The monoisotopic (exact) mass is 842 g/mol. The van der Waals surface area contributed by atoms with Crippen LogP contribution in [0.2, 0.25) is 0 Å². The first-order valence-electron chi connectivity index (χ1n) is 24.4. The Labute approximate surface area is 361 Å². The summed E-state index contributed by atoms with van der Waals surface area (Å²) in [5.41, 5.74) is 7.19. The molecule has 6 N–H and O–H groups in total. The Morgan fingerprint density at radius 2 is 1.03 bits per heavy atom. The van der Waals surface area contributed by atoms with Crippen molar-refractivity contribution in [3.8, 4) is 0 Å². The molecule has 0 aromatic rings. The summed E-state index contributed by atoms with van der Waals surface area (Å²) in [6, 6.07) is -0.188. The number of aliphatic hydroxyl groups excluding tert-OH is 4. The normalized spacial score (nSPS) is 50.2. The summed E-state index contributed by atoms with van der Waals surface area (Å²) in [6.45, 7) is 14.1. The number of carbonyl (C=O) groups is 3. The van der Waals surface area contributed by atoms with E-state index in [2.05, 4.69) is 41.5 Å². The minimum atomic E-state index is -0.927. The van der Waals surface area contributed by atoms with E-state index in [0.717, 1.165) is 64.2 Å². The van der Waals surface area contributed by atoms with Crippen molar-refractivity contribution in [2.45, 2.75) is 188 Å². The number of fused-ring (bicyclic) bond motifs is 10. The third-order valence-electron chi connectivity index (χ3n) is 20.9. The molecule has 0 spiro atoms. The molecule has 0 saturated heterocycles. The Morgan fingerprint density at radius 3 is 1.57 bits per heavy atom. The molecule has 0 radical (unpaired) electrons. The van der Waals surface area contributed by atoms with Gasteiger partial charge in [0.15, 0.2) is 5.78 Å². The van der Waals surface area contributed by atoms with E-state index in [9.17, 15) is 34.8 Å². The van der Waals surface area contributed by atoms with Gasteiger partial charge < -0.3 is 35.6 Å². The maximum atomic E-state index is 13.5. The number of ether oxygens (including phenoxy) is 2. The summed E-state index contributed by atoms with van der Waals surface area (Å²) in [5, 5.41) is 42.8. The minimum Gasteiger partial charge on any atom is -0.469 e. The topological polar surface area (TPSA) is 177 Å². The SMILES string of the molecule is COC(=O)CC[C@@H](C)[C@H]1CC[C@H]2[C@@H]3C(=O)[C@H](O)[C@@H]4C[C@H](O)CC[C@]4(C)[C@H]3CC[C@]12C.COC(=O)CC[C@@H](C)[C@H]1CC[C@H]2[C@@H]3[C@H](N)[C@H](O)[C@@H]4C[C@H](O)CC[C@]4(C)[C@H]3CC[C@]12C. The molecule has 10 nitrogen and oxygen atoms in total. The summed E-state index contributed by atoms with van der Waals surface area (Å²) in [7, 11) is 2.91. The second-order valence-corrected chi connectivity index (χ2v) is 23.2. The first-order valence-corrected chi connectivity index (χ1v) is 24.4. The van der Waals surface area contributed by atoms with E-state index in [-0.39, 0.29) is 75.4 Å². The molecule has 21 atom stereocenters. The van der Waals surface area contributed by atoms with Gasteiger partial charge in [-0.2, -0.15) is 0 Å². The number of Topliss-reactive ketones (excluding diaryl/α,β-unsaturated/α-hetero) is 1. The van der Waals surface area contributed by atoms with Crippen LogP contribution < -0.4 is 5.73 Å². The number of ketones is 1. The molecule has 0 amide bonds. The highest BCUT2D eigenvalue weighted by Crippen LogP contribution is 2.70. The highest BCUT2D eigenvalue weighted by atomic mass is 16.5. The zero-order valence-electron chi connectivity index (χ0n) is 38.5. The lowest BCUT2D eigenvalue weighted by atomic mass is 9.42. The number of hydrogen-bond donors (Lipinski definition) is 5. The minimum absolute atomic E-state index is 0.0481. The van der Waals surface area contributed by atoms with Gasteiger partial charge in [0.2, 0.25) is 0 Å². The van der Waals surface area contributed by atoms with Crippen molar-refractivity contribution in [2.24, 2.45) is 98.4 Å². The van der Waals surface area contributed by atoms with Gasteiger partial charge in [-0.05, 0) is 184 Å². The van der Waals surface area contributed by atoms with Gasteiger partial charge in [0.05, 0.1) is 32.5 Å². The van der Waals surface area contributed by atoms with Crippen molar-refractivity contribution in [1.82, 2.24) is 0 Å². The Kier molecular flexibility index (Phi) is 13.5. The maximum Gasteiger partial charge on any atom is 0.305 e. The van der Waals surface area contributed by atoms with E-state index < -0.39 is 12.2 Å². The zero-order valence-corrected chi connectivity index (χ0v) is 38.5. The van der Waals surface area contributed by atoms with E-state index >= 15 is 0 Å². The average molecular weight is 842 g/mol. The largest absolute Gasteiger partial charge is 0.469 e. The van der Waals surface area contributed by atoms with Crippen molar-refractivity contribution >= 4 is 17.7 Å². The fourth-order valence-corrected chi connectivity index (χ4v) is 17.5. The van der Waals surface area contributed by atoms with Crippen LogP contribution in [-0.4, -0.2) is 82.8 Å². The molecule has 0 aromatic carbocycles. The lowest BCUT2D eigenvalue weighted by Crippen LogP contribution is -2.66. The summed E-state index contributed by atoms with van der Waals surface area (Å²) >= 11 is 0. The first kappa shape index (κ1) is 46.4. The highest BCUT2D eigenvalue weighted by Gasteiger charge is 2.67. The number of nitrogens with two attached hydrogens (primary N) is 1. The van der Waals surface area contributed by atoms with Gasteiger partial charge in [-0.1, -0.05) is 41.5 Å². The summed E-state index contributed by atoms with van der Waals surface area (Å²) < 4.78 is 9.69. The van der Waals surface area contributed by atoms with E-state index in [1.165, 1.54) is 39.9 Å². The molecule has 8 saturated carbocycles. The third kappa shape index (κ3) is 7.66. The fraction of sp³-hybridized carbons (Fsp3) is 0.940. The third-order valence-corrected chi connectivity index (χ3v) is 20.9. The Balaban J connectivity index is 0.000000181. The smallest absolute Gasteiger partial charge is 0.305 e. The molecule has 8 rings (SSSR count). The van der Waals surface area contributed by atoms with Crippen LogP contribution in [0.4, 0.5) is 0 Å². The fourth-order valence-electron chi connectivity index (χ4n) is 17.5. The molecule has 10 heteroatoms. The van der Waals surface area contributed by atoms with Crippen LogP contribution >= 0.6 is 0 Å². The van der Waals surface area contributed by atoms with Crippen LogP contribution in [0, 0.1) is 92.7 Å². The second-order valence-electron chi connectivity index (χ2n) is 23.2. The van der Waals surface area contributed by atoms with Gasteiger partial charge in [-0.15, -0.1) is 0 Å². The van der Waals surface area contributed by atoms with Crippen LogP contribution in [0.3, 0.4) is 0 Å². The molecule has 0 aliphatic heterocycles. The van der Waals surface area contributed by atoms with Gasteiger partial charge >= 0.3 is 11.9 Å². The Bertz CT molecular complexity index is 1570. The number of methoxy groups -OCH3 is 2. The molecule has 8 aliphatic carbocycles. The summed E-state index contributed by atoms with van der Waals surface area (Å²) in [4.78, 5) is 36.8. The number of aliphatic hydroxyl groups is 4. The molecular formula is C50H83NO9. The number of hydrogen-bond acceptors (Lipinski definition) is 10. The van der Waals surface area contributed by atoms with Gasteiger partial charge in [-0.25, -0.2) is 0 Å². The molecule has 0 unspecified atom stereocenters. The summed E-state index contributed by atoms with van der Waals surface area (Å²) in [6.07, 6.45) is 14.5. The predicted molar refractivity (Wildman–Crippen MR) is 230 cm³/mol. The predicted octanol–water partition coefficient (Wildman–Crippen LogP) is 7.25. The Hall–Kier alpha value is -1.59. The van der Waals surface area contributed by atoms with E-state index in [4.69, 9.17) is 15.2 Å². The standard InChI is InChI=1S/C25H43NO4.C25H40O5/c1-14(5-8-20(28)30-4)16-6-7-17-21-18(10-12-24(16,17)2)25(3)11-9-15(27)13-19(25)23(29)22(21)26;1-14(5-8-20(27)30-4)16-6-7-17-21-18(10-12-24(16,17)2)25(3)11-9-15(26)13-19(25)22(28)23(21)29/h14-19,21-23,27,29H,5-13,26H2,1-4H3;14-19,21-22,26,28H,5-13H2,1-4H3/t14-,15-,16-,17+,18+,19+,21+,22+,23-,24-,25-;14-,15-,16-,17+,18+,19+,21+,22-,24-,25-/m11/s1. The highest BCUT2D eigenvalue weighted by molar-refractivity contribution is 5.87. The molecular weight excluding hydrogens is 759 g/mol. The van der Waals surface area contributed by atoms with Crippen LogP contribution in [0.5, 0.6) is 0 Å². The molecule has 0 aromatic heterocycles. The van der Waals surface area contributed by atoms with Crippen LogP contribution in [0.25, 0.3) is 0 Å². The van der Waals surface area contributed by atoms with Gasteiger partial charge in [-0.3, -0.25) is 14.4 Å².